The zero-order valence-electron chi connectivity index (χ0n) is 16.0. The van der Waals surface area contributed by atoms with Crippen molar-refractivity contribution in [2.75, 3.05) is 26.6 Å². The molecule has 1 amide bonds. The highest BCUT2D eigenvalue weighted by atomic mass is 32.1. The standard InChI is InChI=1S/C21H22N2O4S/c1-25-15-6-4-14(5-7-15)18-13-28-21(23-18)11-10-20(24)22-17-12-16(26-2)8-9-19(17)27-3/h4-9,12-13H,10-11H2,1-3H3,(H,22,24). The summed E-state index contributed by atoms with van der Waals surface area (Å²) >= 11 is 1.55. The second-order valence-corrected chi connectivity index (χ2v) is 6.91. The molecule has 28 heavy (non-hydrogen) atoms. The minimum absolute atomic E-state index is 0.104. The Morgan fingerprint density at radius 3 is 2.39 bits per heavy atom. The third-order valence-electron chi connectivity index (χ3n) is 4.18. The van der Waals surface area contributed by atoms with Crippen LogP contribution in [0.2, 0.25) is 0 Å². The van der Waals surface area contributed by atoms with E-state index in [1.54, 1.807) is 50.9 Å². The second kappa shape index (κ2) is 9.23. The topological polar surface area (TPSA) is 69.7 Å². The van der Waals surface area contributed by atoms with Gasteiger partial charge in [-0.05, 0) is 36.4 Å². The molecule has 146 valence electrons. The highest BCUT2D eigenvalue weighted by molar-refractivity contribution is 7.09. The number of ether oxygens (including phenoxy) is 3. The maximum absolute atomic E-state index is 12.4. The van der Waals surface area contributed by atoms with Gasteiger partial charge in [0.05, 0.1) is 37.7 Å². The Hall–Kier alpha value is -3.06. The van der Waals surface area contributed by atoms with Crippen LogP contribution in [0.5, 0.6) is 17.2 Å². The van der Waals surface area contributed by atoms with Crippen LogP contribution in [-0.4, -0.2) is 32.2 Å². The molecule has 0 unspecified atom stereocenters. The van der Waals surface area contributed by atoms with Gasteiger partial charge in [-0.2, -0.15) is 0 Å². The van der Waals surface area contributed by atoms with E-state index >= 15 is 0 Å². The summed E-state index contributed by atoms with van der Waals surface area (Å²) < 4.78 is 15.7. The predicted molar refractivity (Wildman–Crippen MR) is 111 cm³/mol. The third kappa shape index (κ3) is 4.80. The lowest BCUT2D eigenvalue weighted by atomic mass is 10.2. The van der Waals surface area contributed by atoms with Gasteiger partial charge in [-0.25, -0.2) is 4.98 Å². The molecule has 0 aliphatic carbocycles. The van der Waals surface area contributed by atoms with Crippen molar-refractivity contribution < 1.29 is 19.0 Å². The van der Waals surface area contributed by atoms with E-state index < -0.39 is 0 Å². The highest BCUT2D eigenvalue weighted by Gasteiger charge is 2.11. The average Bonchev–Trinajstić information content (AvgIpc) is 3.21. The summed E-state index contributed by atoms with van der Waals surface area (Å²) in [7, 11) is 4.78. The van der Waals surface area contributed by atoms with E-state index in [1.807, 2.05) is 29.6 Å². The average molecular weight is 398 g/mol. The zero-order valence-corrected chi connectivity index (χ0v) is 16.8. The predicted octanol–water partition coefficient (Wildman–Crippen LogP) is 4.41. The number of rotatable bonds is 8. The first-order valence-electron chi connectivity index (χ1n) is 8.73. The van der Waals surface area contributed by atoms with Crippen molar-refractivity contribution in [1.82, 2.24) is 4.98 Å². The Kier molecular flexibility index (Phi) is 6.49. The molecule has 2 aromatic carbocycles. The van der Waals surface area contributed by atoms with E-state index in [1.165, 1.54) is 0 Å². The molecule has 6 nitrogen and oxygen atoms in total. The lowest BCUT2D eigenvalue weighted by molar-refractivity contribution is -0.116. The fraction of sp³-hybridized carbons (Fsp3) is 0.238. The Morgan fingerprint density at radius 1 is 1.00 bits per heavy atom. The van der Waals surface area contributed by atoms with E-state index in [9.17, 15) is 4.79 Å². The van der Waals surface area contributed by atoms with Gasteiger partial charge in [-0.3, -0.25) is 4.79 Å². The van der Waals surface area contributed by atoms with Crippen LogP contribution in [-0.2, 0) is 11.2 Å². The number of carbonyl (C=O) groups is 1. The van der Waals surface area contributed by atoms with E-state index in [0.717, 1.165) is 22.0 Å². The number of nitrogens with one attached hydrogen (secondary N) is 1. The van der Waals surface area contributed by atoms with Gasteiger partial charge >= 0.3 is 0 Å². The van der Waals surface area contributed by atoms with Crippen molar-refractivity contribution in [1.29, 1.82) is 0 Å². The van der Waals surface area contributed by atoms with E-state index in [-0.39, 0.29) is 5.91 Å². The van der Waals surface area contributed by atoms with Gasteiger partial charge in [-0.15, -0.1) is 11.3 Å². The number of carbonyl (C=O) groups excluding carboxylic acids is 1. The SMILES string of the molecule is COc1ccc(-c2csc(CCC(=O)Nc3cc(OC)ccc3OC)n2)cc1. The molecule has 0 saturated carbocycles. The maximum atomic E-state index is 12.4. The normalized spacial score (nSPS) is 10.4. The number of hydrogen-bond acceptors (Lipinski definition) is 6. The van der Waals surface area contributed by atoms with E-state index in [2.05, 4.69) is 10.3 Å². The minimum atomic E-state index is -0.104. The van der Waals surface area contributed by atoms with Crippen LogP contribution in [0.4, 0.5) is 5.69 Å². The lowest BCUT2D eigenvalue weighted by Crippen LogP contribution is -2.13. The van der Waals surface area contributed by atoms with Crippen LogP contribution in [0.3, 0.4) is 0 Å². The number of anilines is 1. The molecule has 3 rings (SSSR count). The molecule has 0 bridgehead atoms. The van der Waals surface area contributed by atoms with Gasteiger partial charge in [0.15, 0.2) is 0 Å². The summed E-state index contributed by atoms with van der Waals surface area (Å²) in [6.07, 6.45) is 0.898. The molecule has 0 aliphatic heterocycles. The van der Waals surface area contributed by atoms with Crippen molar-refractivity contribution in [3.63, 3.8) is 0 Å². The molecule has 0 saturated heterocycles. The first kappa shape index (κ1) is 19.7. The number of benzene rings is 2. The highest BCUT2D eigenvalue weighted by Crippen LogP contribution is 2.29. The molecule has 0 fully saturated rings. The lowest BCUT2D eigenvalue weighted by Gasteiger charge is -2.11. The number of thiazole rings is 1. The first-order chi connectivity index (χ1) is 13.6. The number of hydrogen-bond donors (Lipinski definition) is 1. The van der Waals surface area contributed by atoms with Crippen LogP contribution in [0.25, 0.3) is 11.3 Å². The summed E-state index contributed by atoms with van der Waals surface area (Å²) in [6, 6.07) is 13.0. The van der Waals surface area contributed by atoms with Gasteiger partial charge < -0.3 is 19.5 Å². The van der Waals surface area contributed by atoms with Crippen LogP contribution >= 0.6 is 11.3 Å². The van der Waals surface area contributed by atoms with Crippen LogP contribution in [0, 0.1) is 0 Å². The molecule has 0 aliphatic rings. The molecular formula is C21H22N2O4S. The molecule has 1 N–H and O–H groups in total. The zero-order chi connectivity index (χ0) is 19.9. The van der Waals surface area contributed by atoms with Gasteiger partial charge in [0.1, 0.15) is 17.2 Å². The number of amides is 1. The maximum Gasteiger partial charge on any atom is 0.224 e. The van der Waals surface area contributed by atoms with Crippen LogP contribution < -0.4 is 19.5 Å². The molecular weight excluding hydrogens is 376 g/mol. The fourth-order valence-corrected chi connectivity index (χ4v) is 3.47. The Bertz CT molecular complexity index is 938. The summed E-state index contributed by atoms with van der Waals surface area (Å²) in [6.45, 7) is 0. The van der Waals surface area contributed by atoms with Crippen molar-refractivity contribution in [2.45, 2.75) is 12.8 Å². The minimum Gasteiger partial charge on any atom is -0.497 e. The molecule has 7 heteroatoms. The molecule has 1 aromatic heterocycles. The largest absolute Gasteiger partial charge is 0.497 e. The fourth-order valence-electron chi connectivity index (χ4n) is 2.66. The molecule has 1 heterocycles. The quantitative estimate of drug-likeness (QED) is 0.609. The first-order valence-corrected chi connectivity index (χ1v) is 9.61. The third-order valence-corrected chi connectivity index (χ3v) is 5.09. The molecule has 0 spiro atoms. The van der Waals surface area contributed by atoms with E-state index in [0.29, 0.717) is 30.0 Å². The Balaban J connectivity index is 1.60. The molecule has 0 atom stereocenters. The Labute approximate surface area is 168 Å². The number of methoxy groups -OCH3 is 3. The van der Waals surface area contributed by atoms with Gasteiger partial charge in [0.25, 0.3) is 0 Å². The summed E-state index contributed by atoms with van der Waals surface area (Å²) in [4.78, 5) is 17.0. The van der Waals surface area contributed by atoms with E-state index in [4.69, 9.17) is 14.2 Å². The van der Waals surface area contributed by atoms with Crippen molar-refractivity contribution in [3.05, 3.63) is 52.9 Å². The number of aryl methyl sites for hydroxylation is 1. The van der Waals surface area contributed by atoms with Crippen molar-refractivity contribution >= 4 is 22.9 Å². The monoisotopic (exact) mass is 398 g/mol. The second-order valence-electron chi connectivity index (χ2n) is 5.97. The summed E-state index contributed by atoms with van der Waals surface area (Å²) in [5.74, 6) is 1.95. The number of nitrogens with zero attached hydrogens (tertiary/aromatic N) is 1. The Morgan fingerprint density at radius 2 is 1.71 bits per heavy atom. The van der Waals surface area contributed by atoms with Crippen molar-refractivity contribution in [2.24, 2.45) is 0 Å². The molecule has 0 radical (unpaired) electrons. The van der Waals surface area contributed by atoms with Crippen molar-refractivity contribution in [3.8, 4) is 28.5 Å². The number of aromatic nitrogens is 1. The van der Waals surface area contributed by atoms with Crippen LogP contribution in [0.15, 0.2) is 47.8 Å². The summed E-state index contributed by atoms with van der Waals surface area (Å²) in [5, 5.41) is 5.79. The smallest absolute Gasteiger partial charge is 0.224 e. The van der Waals surface area contributed by atoms with Gasteiger partial charge in [0, 0.05) is 29.9 Å². The van der Waals surface area contributed by atoms with Gasteiger partial charge in [0.2, 0.25) is 5.91 Å². The molecule has 3 aromatic rings. The van der Waals surface area contributed by atoms with Crippen LogP contribution in [0.1, 0.15) is 11.4 Å². The van der Waals surface area contributed by atoms with Gasteiger partial charge in [-0.1, -0.05) is 0 Å². The summed E-state index contributed by atoms with van der Waals surface area (Å²) in [5.41, 5.74) is 2.51.